The maximum Gasteiger partial charge on any atom is 0.243 e. The number of hydrogen-bond acceptors (Lipinski definition) is 9. The van der Waals surface area contributed by atoms with Crippen LogP contribution in [0.25, 0.3) is 0 Å². The average molecular weight is 498 g/mol. The van der Waals surface area contributed by atoms with E-state index in [2.05, 4.69) is 20.8 Å². The molecule has 174 valence electrons. The van der Waals surface area contributed by atoms with Crippen LogP contribution in [-0.4, -0.2) is 60.8 Å². The Morgan fingerprint density at radius 3 is 2.66 bits per heavy atom. The number of thioether (sulfide) groups is 1. The number of aromatic nitrogens is 2. The molecule has 0 spiro atoms. The second-order valence-electron chi connectivity index (χ2n) is 7.81. The van der Waals surface area contributed by atoms with Crippen molar-refractivity contribution in [2.24, 2.45) is 0 Å². The number of nitrogens with one attached hydrogen (secondary N) is 2. The zero-order valence-corrected chi connectivity index (χ0v) is 20.3. The Kier molecular flexibility index (Phi) is 7.54. The first-order chi connectivity index (χ1) is 15.5. The average Bonchev–Trinajstić information content (AvgIpc) is 3.54. The molecule has 2 heterocycles. The number of amides is 1. The van der Waals surface area contributed by atoms with E-state index in [4.69, 9.17) is 4.74 Å². The number of rotatable bonds is 9. The summed E-state index contributed by atoms with van der Waals surface area (Å²) in [6, 6.07) is 5.08. The molecular weight excluding hydrogens is 470 g/mol. The summed E-state index contributed by atoms with van der Waals surface area (Å²) in [6.45, 7) is 1.04. The third-order valence-electron chi connectivity index (χ3n) is 5.29. The SMILES string of the molecule is COc1ccc(S(=O)(=O)N2CCCCCC2)cc1NC(=O)CSc1nnc(NC2CC2)s1. The van der Waals surface area contributed by atoms with Crippen molar-refractivity contribution in [3.05, 3.63) is 18.2 Å². The fraction of sp³-hybridized carbons (Fsp3) is 0.550. The number of benzene rings is 1. The molecule has 1 aliphatic heterocycles. The molecular formula is C20H27N5O4S3. The van der Waals surface area contributed by atoms with Crippen molar-refractivity contribution in [2.45, 2.75) is 53.8 Å². The lowest BCUT2D eigenvalue weighted by Gasteiger charge is -2.21. The minimum absolute atomic E-state index is 0.129. The molecule has 0 unspecified atom stereocenters. The van der Waals surface area contributed by atoms with E-state index in [1.54, 1.807) is 6.07 Å². The molecule has 0 atom stereocenters. The van der Waals surface area contributed by atoms with E-state index in [1.165, 1.54) is 46.6 Å². The number of sulfonamides is 1. The Hall–Kier alpha value is -1.89. The van der Waals surface area contributed by atoms with Crippen LogP contribution in [0.1, 0.15) is 38.5 Å². The lowest BCUT2D eigenvalue weighted by Crippen LogP contribution is -2.32. The lowest BCUT2D eigenvalue weighted by molar-refractivity contribution is -0.113. The van der Waals surface area contributed by atoms with Gasteiger partial charge in [-0.2, -0.15) is 4.31 Å². The molecule has 1 aliphatic carbocycles. The summed E-state index contributed by atoms with van der Waals surface area (Å²) >= 11 is 2.71. The molecule has 12 heteroatoms. The summed E-state index contributed by atoms with van der Waals surface area (Å²) < 4.78 is 33.8. The molecule has 32 heavy (non-hydrogen) atoms. The van der Waals surface area contributed by atoms with E-state index in [0.717, 1.165) is 43.7 Å². The number of carbonyl (C=O) groups is 1. The predicted octanol–water partition coefficient (Wildman–Crippen LogP) is 3.42. The molecule has 9 nitrogen and oxygen atoms in total. The van der Waals surface area contributed by atoms with Crippen molar-refractivity contribution in [1.82, 2.24) is 14.5 Å². The van der Waals surface area contributed by atoms with Crippen LogP contribution in [0.5, 0.6) is 5.75 Å². The second-order valence-corrected chi connectivity index (χ2v) is 11.9. The number of hydrogen-bond donors (Lipinski definition) is 2. The number of anilines is 2. The fourth-order valence-electron chi connectivity index (χ4n) is 3.42. The fourth-order valence-corrected chi connectivity index (χ4v) is 6.59. The summed E-state index contributed by atoms with van der Waals surface area (Å²) in [4.78, 5) is 12.7. The number of carbonyl (C=O) groups excluding carboxylic acids is 1. The molecule has 1 amide bonds. The minimum Gasteiger partial charge on any atom is -0.495 e. The molecule has 0 radical (unpaired) electrons. The Morgan fingerprint density at radius 1 is 1.22 bits per heavy atom. The van der Waals surface area contributed by atoms with Gasteiger partial charge in [-0.3, -0.25) is 4.79 Å². The van der Waals surface area contributed by atoms with Gasteiger partial charge in [0.2, 0.25) is 21.1 Å². The highest BCUT2D eigenvalue weighted by Gasteiger charge is 2.26. The largest absolute Gasteiger partial charge is 0.495 e. The standard InChI is InChI=1S/C20H27N5O4S3/c1-29-17-9-8-15(32(27,28)25-10-4-2-3-5-11-25)12-16(17)22-18(26)13-30-20-24-23-19(31-20)21-14-6-7-14/h8-9,12,14H,2-7,10-11,13H2,1H3,(H,21,23)(H,22,26). The second kappa shape index (κ2) is 10.4. The summed E-state index contributed by atoms with van der Waals surface area (Å²) in [6.07, 6.45) is 6.11. The molecule has 2 fully saturated rings. The van der Waals surface area contributed by atoms with Gasteiger partial charge in [0.15, 0.2) is 4.34 Å². The van der Waals surface area contributed by atoms with Gasteiger partial charge in [-0.15, -0.1) is 10.2 Å². The third-order valence-corrected chi connectivity index (χ3v) is 9.17. The molecule has 2 N–H and O–H groups in total. The summed E-state index contributed by atoms with van der Waals surface area (Å²) in [5.74, 6) is 0.263. The third kappa shape index (κ3) is 5.91. The highest BCUT2D eigenvalue weighted by molar-refractivity contribution is 8.01. The lowest BCUT2D eigenvalue weighted by atomic mass is 10.2. The summed E-state index contributed by atoms with van der Waals surface area (Å²) in [7, 11) is -2.14. The maximum absolute atomic E-state index is 13.1. The monoisotopic (exact) mass is 497 g/mol. The van der Waals surface area contributed by atoms with Crippen molar-refractivity contribution in [2.75, 3.05) is 36.6 Å². The smallest absolute Gasteiger partial charge is 0.243 e. The molecule has 2 aromatic rings. The van der Waals surface area contributed by atoms with Gasteiger partial charge in [0, 0.05) is 19.1 Å². The molecule has 1 saturated carbocycles. The van der Waals surface area contributed by atoms with Gasteiger partial charge in [0.05, 0.1) is 23.4 Å². The van der Waals surface area contributed by atoms with Gasteiger partial charge in [0.25, 0.3) is 0 Å². The van der Waals surface area contributed by atoms with Crippen molar-refractivity contribution >= 4 is 49.8 Å². The normalized spacial score (nSPS) is 17.5. The van der Waals surface area contributed by atoms with Gasteiger partial charge in [-0.25, -0.2) is 8.42 Å². The van der Waals surface area contributed by atoms with Gasteiger partial charge in [-0.1, -0.05) is 35.9 Å². The molecule has 2 aliphatic rings. The van der Waals surface area contributed by atoms with E-state index < -0.39 is 10.0 Å². The highest BCUT2D eigenvalue weighted by atomic mass is 32.2. The predicted molar refractivity (Wildman–Crippen MR) is 126 cm³/mol. The van der Waals surface area contributed by atoms with E-state index in [9.17, 15) is 13.2 Å². The zero-order valence-electron chi connectivity index (χ0n) is 17.9. The molecule has 1 aromatic heterocycles. The van der Waals surface area contributed by atoms with Crippen molar-refractivity contribution < 1.29 is 17.9 Å². The minimum atomic E-state index is -3.63. The van der Waals surface area contributed by atoms with Crippen LogP contribution >= 0.6 is 23.1 Å². The van der Waals surface area contributed by atoms with Crippen molar-refractivity contribution in [3.63, 3.8) is 0 Å². The first-order valence-corrected chi connectivity index (χ1v) is 13.9. The van der Waals surface area contributed by atoms with Crippen LogP contribution in [0.2, 0.25) is 0 Å². The van der Waals surface area contributed by atoms with Gasteiger partial charge < -0.3 is 15.4 Å². The quantitative estimate of drug-likeness (QED) is 0.507. The van der Waals surface area contributed by atoms with Crippen LogP contribution in [-0.2, 0) is 14.8 Å². The number of methoxy groups -OCH3 is 1. The van der Waals surface area contributed by atoms with E-state index >= 15 is 0 Å². The van der Waals surface area contributed by atoms with Crippen LogP contribution in [0, 0.1) is 0 Å². The molecule has 1 aromatic carbocycles. The van der Waals surface area contributed by atoms with Gasteiger partial charge in [0.1, 0.15) is 5.75 Å². The first kappa shape index (κ1) is 23.3. The maximum atomic E-state index is 13.1. The van der Waals surface area contributed by atoms with Crippen LogP contribution in [0.15, 0.2) is 27.4 Å². The van der Waals surface area contributed by atoms with E-state index in [0.29, 0.717) is 34.9 Å². The summed E-state index contributed by atoms with van der Waals surface area (Å²) in [5.41, 5.74) is 0.336. The summed E-state index contributed by atoms with van der Waals surface area (Å²) in [5, 5.41) is 15.0. The van der Waals surface area contributed by atoms with E-state index in [-0.39, 0.29) is 16.6 Å². The Bertz CT molecular complexity index is 1050. The van der Waals surface area contributed by atoms with Gasteiger partial charge in [-0.05, 0) is 43.9 Å². The van der Waals surface area contributed by atoms with Crippen LogP contribution < -0.4 is 15.4 Å². The van der Waals surface area contributed by atoms with Crippen LogP contribution in [0.4, 0.5) is 10.8 Å². The topological polar surface area (TPSA) is 114 Å². The molecule has 4 rings (SSSR count). The molecule has 0 bridgehead atoms. The van der Waals surface area contributed by atoms with Crippen molar-refractivity contribution in [1.29, 1.82) is 0 Å². The Balaban J connectivity index is 1.41. The van der Waals surface area contributed by atoms with Crippen molar-refractivity contribution in [3.8, 4) is 5.75 Å². The Morgan fingerprint density at radius 2 is 1.97 bits per heavy atom. The Labute approximate surface area is 196 Å². The number of nitrogens with zero attached hydrogens (tertiary/aromatic N) is 3. The zero-order chi connectivity index (χ0) is 22.6. The first-order valence-electron chi connectivity index (χ1n) is 10.7. The molecule has 1 saturated heterocycles. The van der Waals surface area contributed by atoms with Crippen LogP contribution in [0.3, 0.4) is 0 Å². The van der Waals surface area contributed by atoms with Gasteiger partial charge >= 0.3 is 0 Å². The number of ether oxygens (including phenoxy) is 1. The van der Waals surface area contributed by atoms with E-state index in [1.807, 2.05) is 0 Å². The highest BCUT2D eigenvalue weighted by Crippen LogP contribution is 2.32.